The summed E-state index contributed by atoms with van der Waals surface area (Å²) in [6.45, 7) is 0. The predicted octanol–water partition coefficient (Wildman–Crippen LogP) is 3.15. The van der Waals surface area contributed by atoms with Gasteiger partial charge in [-0.25, -0.2) is 0 Å². The first kappa shape index (κ1) is 13.6. The van der Waals surface area contributed by atoms with Gasteiger partial charge in [-0.15, -0.1) is 13.2 Å². The van der Waals surface area contributed by atoms with Gasteiger partial charge in [0.1, 0.15) is 11.8 Å². The Kier molecular flexibility index (Phi) is 3.56. The van der Waals surface area contributed by atoms with Gasteiger partial charge in [-0.05, 0) is 17.7 Å². The minimum Gasteiger partial charge on any atom is -0.406 e. The third-order valence-electron chi connectivity index (χ3n) is 1.83. The molecule has 2 nitrogen and oxygen atoms in total. The normalized spacial score (nSPS) is 14.5. The lowest BCUT2D eigenvalue weighted by atomic mass is 10.1. The lowest BCUT2D eigenvalue weighted by Gasteiger charge is -2.16. The van der Waals surface area contributed by atoms with Crippen molar-refractivity contribution in [1.82, 2.24) is 0 Å². The van der Waals surface area contributed by atoms with Crippen LogP contribution >= 0.6 is 0 Å². The number of halogens is 6. The number of hydrogen-bond acceptors (Lipinski definition) is 2. The van der Waals surface area contributed by atoms with Crippen LogP contribution in [0.4, 0.5) is 26.3 Å². The predicted molar refractivity (Wildman–Crippen MR) is 46.1 cm³/mol. The average molecular weight is 259 g/mol. The summed E-state index contributed by atoms with van der Waals surface area (Å²) in [6, 6.07) is 0.976. The molecule has 1 aromatic carbocycles. The summed E-state index contributed by atoms with van der Waals surface area (Å²) in [5.74, 6) is -0.601. The highest BCUT2D eigenvalue weighted by atomic mass is 19.4. The second-order valence-corrected chi connectivity index (χ2v) is 3.14. The fourth-order valence-electron chi connectivity index (χ4n) is 1.07. The molecule has 0 amide bonds. The van der Waals surface area contributed by atoms with Gasteiger partial charge in [0.2, 0.25) is 0 Å². The van der Waals surface area contributed by atoms with E-state index in [1.165, 1.54) is 0 Å². The van der Waals surface area contributed by atoms with Crippen LogP contribution in [-0.4, -0.2) is 12.5 Å². The van der Waals surface area contributed by atoms with Crippen molar-refractivity contribution in [3.8, 4) is 5.75 Å². The molecule has 8 heteroatoms. The van der Waals surface area contributed by atoms with E-state index in [2.05, 4.69) is 4.74 Å². The van der Waals surface area contributed by atoms with Crippen LogP contribution in [0.3, 0.4) is 0 Å². The molecule has 2 N–H and O–H groups in total. The largest absolute Gasteiger partial charge is 0.573 e. The van der Waals surface area contributed by atoms with E-state index in [4.69, 9.17) is 5.73 Å². The van der Waals surface area contributed by atoms with E-state index < -0.39 is 24.3 Å². The third-order valence-corrected chi connectivity index (χ3v) is 1.83. The lowest BCUT2D eigenvalue weighted by Crippen LogP contribution is -2.28. The summed E-state index contributed by atoms with van der Waals surface area (Å²) >= 11 is 0. The van der Waals surface area contributed by atoms with Crippen molar-refractivity contribution in [2.75, 3.05) is 0 Å². The number of nitrogens with two attached hydrogens (primary N) is 1. The van der Waals surface area contributed by atoms with Gasteiger partial charge in [-0.1, -0.05) is 12.1 Å². The Morgan fingerprint density at radius 2 is 1.41 bits per heavy atom. The molecule has 1 atom stereocenters. The zero-order chi connectivity index (χ0) is 13.3. The van der Waals surface area contributed by atoms with Gasteiger partial charge in [0.15, 0.2) is 0 Å². The first-order valence-corrected chi connectivity index (χ1v) is 4.27. The van der Waals surface area contributed by atoms with E-state index in [1.807, 2.05) is 0 Å². The SMILES string of the molecule is N[C@@H](c1ccc(OC(F)(F)F)cc1)C(F)(F)F. The van der Waals surface area contributed by atoms with Gasteiger partial charge in [0.05, 0.1) is 0 Å². The van der Waals surface area contributed by atoms with Crippen LogP contribution in [0.15, 0.2) is 24.3 Å². The Hall–Kier alpha value is -1.44. The molecule has 0 radical (unpaired) electrons. The van der Waals surface area contributed by atoms with Gasteiger partial charge < -0.3 is 10.5 Å². The molecule has 0 bridgehead atoms. The molecule has 0 saturated heterocycles. The monoisotopic (exact) mass is 259 g/mol. The maximum atomic E-state index is 12.2. The second-order valence-electron chi connectivity index (χ2n) is 3.14. The van der Waals surface area contributed by atoms with Crippen molar-refractivity contribution < 1.29 is 31.1 Å². The van der Waals surface area contributed by atoms with E-state index >= 15 is 0 Å². The molecule has 0 unspecified atom stereocenters. The molecular formula is C9H7F6NO. The molecule has 1 aromatic rings. The quantitative estimate of drug-likeness (QED) is 0.828. The highest BCUT2D eigenvalue weighted by Gasteiger charge is 2.38. The Morgan fingerprint density at radius 1 is 0.941 bits per heavy atom. The maximum Gasteiger partial charge on any atom is 0.573 e. The first-order valence-electron chi connectivity index (χ1n) is 4.27. The van der Waals surface area contributed by atoms with Gasteiger partial charge >= 0.3 is 12.5 Å². The maximum absolute atomic E-state index is 12.2. The van der Waals surface area contributed by atoms with Gasteiger partial charge in [0.25, 0.3) is 0 Å². The van der Waals surface area contributed by atoms with Crippen molar-refractivity contribution in [2.24, 2.45) is 5.73 Å². The van der Waals surface area contributed by atoms with Crippen LogP contribution in [-0.2, 0) is 0 Å². The molecule has 0 aromatic heterocycles. The standard InChI is InChI=1S/C9H7F6NO/c10-8(11,12)7(16)5-1-3-6(4-2-5)17-9(13,14)15/h1-4,7H,16H2/t7-/m0/s1. The number of ether oxygens (including phenoxy) is 1. The van der Waals surface area contributed by atoms with E-state index in [-0.39, 0.29) is 5.56 Å². The van der Waals surface area contributed by atoms with Crippen molar-refractivity contribution in [2.45, 2.75) is 18.6 Å². The van der Waals surface area contributed by atoms with Crippen molar-refractivity contribution in [3.05, 3.63) is 29.8 Å². The smallest absolute Gasteiger partial charge is 0.406 e. The zero-order valence-corrected chi connectivity index (χ0v) is 8.14. The van der Waals surface area contributed by atoms with E-state index in [0.29, 0.717) is 0 Å². The topological polar surface area (TPSA) is 35.2 Å². The Balaban J connectivity index is 2.82. The molecule has 1 rings (SSSR count). The Morgan fingerprint density at radius 3 is 1.76 bits per heavy atom. The fraction of sp³-hybridized carbons (Fsp3) is 0.333. The van der Waals surface area contributed by atoms with Gasteiger partial charge in [0, 0.05) is 0 Å². The van der Waals surface area contributed by atoms with Crippen molar-refractivity contribution in [3.63, 3.8) is 0 Å². The summed E-state index contributed by atoms with van der Waals surface area (Å²) in [5.41, 5.74) is 4.52. The van der Waals surface area contributed by atoms with E-state index in [0.717, 1.165) is 24.3 Å². The summed E-state index contributed by atoms with van der Waals surface area (Å²) in [6.07, 6.45) is -9.53. The number of hydrogen-bond donors (Lipinski definition) is 1. The molecule has 0 aliphatic carbocycles. The number of benzene rings is 1. The van der Waals surface area contributed by atoms with Crippen molar-refractivity contribution >= 4 is 0 Å². The zero-order valence-electron chi connectivity index (χ0n) is 8.14. The molecule has 0 aliphatic rings. The van der Waals surface area contributed by atoms with Crippen LogP contribution in [0.2, 0.25) is 0 Å². The minimum atomic E-state index is -4.88. The highest BCUT2D eigenvalue weighted by molar-refractivity contribution is 5.29. The van der Waals surface area contributed by atoms with Gasteiger partial charge in [-0.3, -0.25) is 0 Å². The number of alkyl halides is 6. The molecule has 0 heterocycles. The lowest BCUT2D eigenvalue weighted by molar-refractivity contribution is -0.274. The van der Waals surface area contributed by atoms with E-state index in [9.17, 15) is 26.3 Å². The summed E-state index contributed by atoms with van der Waals surface area (Å²) in [5, 5.41) is 0. The second kappa shape index (κ2) is 4.44. The van der Waals surface area contributed by atoms with Crippen LogP contribution in [0, 0.1) is 0 Å². The van der Waals surface area contributed by atoms with Crippen molar-refractivity contribution in [1.29, 1.82) is 0 Å². The van der Waals surface area contributed by atoms with Crippen LogP contribution in [0.25, 0.3) is 0 Å². The molecule has 96 valence electrons. The fourth-order valence-corrected chi connectivity index (χ4v) is 1.07. The van der Waals surface area contributed by atoms with Crippen LogP contribution in [0.1, 0.15) is 11.6 Å². The molecule has 0 saturated carbocycles. The van der Waals surface area contributed by atoms with E-state index in [1.54, 1.807) is 0 Å². The molecular weight excluding hydrogens is 252 g/mol. The first-order chi connectivity index (χ1) is 7.59. The molecule has 0 aliphatic heterocycles. The molecule has 17 heavy (non-hydrogen) atoms. The van der Waals surface area contributed by atoms with Crippen LogP contribution in [0.5, 0.6) is 5.75 Å². The Labute approximate surface area is 92.0 Å². The van der Waals surface area contributed by atoms with Gasteiger partial charge in [-0.2, -0.15) is 13.2 Å². The number of rotatable bonds is 2. The molecule has 0 fully saturated rings. The summed E-state index contributed by atoms with van der Waals surface area (Å²) in [4.78, 5) is 0. The average Bonchev–Trinajstić information content (AvgIpc) is 2.14. The summed E-state index contributed by atoms with van der Waals surface area (Å²) < 4.78 is 75.3. The third kappa shape index (κ3) is 4.14. The summed E-state index contributed by atoms with van der Waals surface area (Å²) in [7, 11) is 0. The Bertz CT molecular complexity index is 369. The van der Waals surface area contributed by atoms with Crippen LogP contribution < -0.4 is 10.5 Å². The minimum absolute atomic E-state index is 0.341. The molecule has 0 spiro atoms. The highest BCUT2D eigenvalue weighted by Crippen LogP contribution is 2.31.